The minimum Gasteiger partial charge on any atom is -0.489 e. The van der Waals surface area contributed by atoms with Crippen molar-refractivity contribution < 1.29 is 9.84 Å². The van der Waals surface area contributed by atoms with Crippen LogP contribution in [0.5, 0.6) is 5.75 Å². The second-order valence-electron chi connectivity index (χ2n) is 6.02. The monoisotopic (exact) mass is 443 g/mol. The summed E-state index contributed by atoms with van der Waals surface area (Å²) in [5, 5.41) is 25.5. The molecule has 28 heavy (non-hydrogen) atoms. The molecule has 1 heterocycles. The van der Waals surface area contributed by atoms with Crippen LogP contribution in [0.4, 0.5) is 0 Å². The smallest absolute Gasteiger partial charge is 0.143 e. The first-order valence-electron chi connectivity index (χ1n) is 8.35. The van der Waals surface area contributed by atoms with E-state index < -0.39 is 6.10 Å². The highest BCUT2D eigenvalue weighted by atomic mass is 35.5. The van der Waals surface area contributed by atoms with Gasteiger partial charge in [-0.3, -0.25) is 0 Å². The van der Waals surface area contributed by atoms with Crippen LogP contribution in [0.2, 0.25) is 10.0 Å². The predicted octanol–water partition coefficient (Wildman–Crippen LogP) is 3.48. The van der Waals surface area contributed by atoms with E-state index in [9.17, 15) is 5.11 Å². The molecule has 0 radical (unpaired) electrons. The Balaban J connectivity index is 0.00000280. The Bertz CT molecular complexity index is 862. The fourth-order valence-corrected chi connectivity index (χ4v) is 2.93. The number of rotatable bonds is 8. The summed E-state index contributed by atoms with van der Waals surface area (Å²) in [5.41, 5.74) is 1.96. The van der Waals surface area contributed by atoms with E-state index in [1.165, 1.54) is 0 Å². The lowest BCUT2D eigenvalue weighted by Gasteiger charge is -2.18. The molecule has 7 nitrogen and oxygen atoms in total. The highest BCUT2D eigenvalue weighted by Gasteiger charge is 2.11. The molecule has 3 rings (SSSR count). The van der Waals surface area contributed by atoms with Gasteiger partial charge in [-0.25, -0.2) is 4.68 Å². The van der Waals surface area contributed by atoms with Crippen molar-refractivity contribution in [3.63, 3.8) is 0 Å². The molecule has 0 aliphatic heterocycles. The second-order valence-corrected chi connectivity index (χ2v) is 6.86. The molecule has 2 aromatic carbocycles. The molecular formula is C18H20Cl3N5O2. The fraction of sp³-hybridized carbons (Fsp3) is 0.278. The normalized spacial score (nSPS) is 12.9. The van der Waals surface area contributed by atoms with Crippen molar-refractivity contribution in [2.75, 3.05) is 13.2 Å². The number of aliphatic hydroxyl groups excluding tert-OH is 1. The molecule has 0 saturated carbocycles. The first-order valence-corrected chi connectivity index (χ1v) is 9.11. The molecular weight excluding hydrogens is 425 g/mol. The van der Waals surface area contributed by atoms with E-state index in [1.807, 2.05) is 31.2 Å². The van der Waals surface area contributed by atoms with E-state index in [1.54, 1.807) is 29.2 Å². The van der Waals surface area contributed by atoms with E-state index in [0.29, 0.717) is 22.3 Å². The Morgan fingerprint density at radius 1 is 1.18 bits per heavy atom. The number of tetrazole rings is 1. The van der Waals surface area contributed by atoms with Crippen molar-refractivity contribution in [2.45, 2.75) is 19.1 Å². The van der Waals surface area contributed by atoms with Crippen LogP contribution in [-0.4, -0.2) is 44.6 Å². The van der Waals surface area contributed by atoms with Crippen molar-refractivity contribution in [1.29, 1.82) is 0 Å². The fourth-order valence-electron chi connectivity index (χ4n) is 2.46. The molecule has 10 heteroatoms. The zero-order valence-electron chi connectivity index (χ0n) is 15.0. The van der Waals surface area contributed by atoms with Crippen molar-refractivity contribution >= 4 is 35.6 Å². The lowest BCUT2D eigenvalue weighted by atomic mass is 10.1. The van der Waals surface area contributed by atoms with Crippen LogP contribution < -0.4 is 10.1 Å². The largest absolute Gasteiger partial charge is 0.489 e. The Labute approximate surface area is 179 Å². The van der Waals surface area contributed by atoms with Gasteiger partial charge >= 0.3 is 0 Å². The number of nitrogens with one attached hydrogen (secondary N) is 1. The molecule has 0 saturated heterocycles. The molecule has 2 unspecified atom stereocenters. The number of benzene rings is 2. The van der Waals surface area contributed by atoms with Crippen LogP contribution >= 0.6 is 35.6 Å². The molecule has 0 fully saturated rings. The molecule has 0 spiro atoms. The average Bonchev–Trinajstić information content (AvgIpc) is 3.20. The van der Waals surface area contributed by atoms with Crippen LogP contribution in [0.25, 0.3) is 5.69 Å². The zero-order chi connectivity index (χ0) is 19.2. The summed E-state index contributed by atoms with van der Waals surface area (Å²) in [5.74, 6) is 0.492. The van der Waals surface area contributed by atoms with Crippen LogP contribution in [0.1, 0.15) is 18.5 Å². The zero-order valence-corrected chi connectivity index (χ0v) is 17.3. The van der Waals surface area contributed by atoms with E-state index in [-0.39, 0.29) is 25.1 Å². The first-order chi connectivity index (χ1) is 13.0. The average molecular weight is 445 g/mol. The number of aromatic nitrogens is 4. The number of hydrogen-bond acceptors (Lipinski definition) is 6. The van der Waals surface area contributed by atoms with Gasteiger partial charge in [-0.05, 0) is 53.2 Å². The molecule has 0 aliphatic rings. The first kappa shape index (κ1) is 22.4. The number of nitrogens with zero attached hydrogens (tertiary/aromatic N) is 4. The van der Waals surface area contributed by atoms with E-state index in [0.717, 1.165) is 11.3 Å². The third-order valence-corrected chi connectivity index (χ3v) is 4.52. The lowest BCUT2D eigenvalue weighted by molar-refractivity contribution is 0.104. The number of ether oxygens (including phenoxy) is 1. The maximum atomic E-state index is 10.1. The quantitative estimate of drug-likeness (QED) is 0.553. The van der Waals surface area contributed by atoms with Crippen molar-refractivity contribution in [3.8, 4) is 11.4 Å². The van der Waals surface area contributed by atoms with Gasteiger partial charge in [0, 0.05) is 17.6 Å². The maximum Gasteiger partial charge on any atom is 0.143 e. The Morgan fingerprint density at radius 2 is 1.93 bits per heavy atom. The minimum absolute atomic E-state index is 0. The number of aliphatic hydroxyl groups is 1. The van der Waals surface area contributed by atoms with Gasteiger partial charge in [0.25, 0.3) is 0 Å². The lowest BCUT2D eigenvalue weighted by Crippen LogP contribution is -2.33. The van der Waals surface area contributed by atoms with Gasteiger partial charge in [0.05, 0.1) is 10.7 Å². The number of halogens is 3. The minimum atomic E-state index is -0.681. The summed E-state index contributed by atoms with van der Waals surface area (Å²) in [4.78, 5) is 0. The van der Waals surface area contributed by atoms with Gasteiger partial charge in [-0.1, -0.05) is 35.3 Å². The predicted molar refractivity (Wildman–Crippen MR) is 111 cm³/mol. The number of hydrogen-bond donors (Lipinski definition) is 2. The summed E-state index contributed by atoms with van der Waals surface area (Å²) < 4.78 is 7.13. The summed E-state index contributed by atoms with van der Waals surface area (Å²) in [6.45, 7) is 2.52. The molecule has 3 aromatic rings. The Morgan fingerprint density at radius 3 is 2.57 bits per heavy atom. The summed E-state index contributed by atoms with van der Waals surface area (Å²) in [7, 11) is 0. The van der Waals surface area contributed by atoms with Crippen molar-refractivity contribution in [3.05, 3.63) is 64.4 Å². The summed E-state index contributed by atoms with van der Waals surface area (Å²) in [6.07, 6.45) is 0.861. The van der Waals surface area contributed by atoms with Crippen molar-refractivity contribution in [1.82, 2.24) is 25.5 Å². The van der Waals surface area contributed by atoms with Crippen LogP contribution in [0.3, 0.4) is 0 Å². The summed E-state index contributed by atoms with van der Waals surface area (Å²) in [6, 6.07) is 12.9. The van der Waals surface area contributed by atoms with Gasteiger partial charge in [0.15, 0.2) is 0 Å². The van der Waals surface area contributed by atoms with Crippen molar-refractivity contribution in [2.24, 2.45) is 0 Å². The van der Waals surface area contributed by atoms with Gasteiger partial charge in [0.1, 0.15) is 24.8 Å². The molecule has 150 valence electrons. The molecule has 0 bridgehead atoms. The molecule has 1 aromatic heterocycles. The standard InChI is InChI=1S/C18H19Cl2N5O2.ClH/c1-12(13-2-5-15(6-3-13)25-11-22-23-24-25)21-9-16(26)10-27-18-7-4-14(19)8-17(18)20;/h2-8,11-12,16,21,26H,9-10H2,1H3;1H. The highest BCUT2D eigenvalue weighted by molar-refractivity contribution is 6.35. The van der Waals surface area contributed by atoms with Gasteiger partial charge < -0.3 is 15.2 Å². The molecule has 0 amide bonds. The third kappa shape index (κ3) is 6.05. The second kappa shape index (κ2) is 10.6. The molecule has 0 aliphatic carbocycles. The van der Waals surface area contributed by atoms with Crippen LogP contribution in [0.15, 0.2) is 48.8 Å². The maximum absolute atomic E-state index is 10.1. The SMILES string of the molecule is CC(NCC(O)COc1ccc(Cl)cc1Cl)c1ccc(-n2cnnn2)cc1.Cl. The highest BCUT2D eigenvalue weighted by Crippen LogP contribution is 2.27. The third-order valence-electron chi connectivity index (χ3n) is 3.99. The van der Waals surface area contributed by atoms with E-state index >= 15 is 0 Å². The van der Waals surface area contributed by atoms with E-state index in [2.05, 4.69) is 20.8 Å². The molecule has 2 atom stereocenters. The van der Waals surface area contributed by atoms with Gasteiger partial charge in [0.2, 0.25) is 0 Å². The topological polar surface area (TPSA) is 85.1 Å². The van der Waals surface area contributed by atoms with Crippen LogP contribution in [-0.2, 0) is 0 Å². The van der Waals surface area contributed by atoms with Crippen LogP contribution in [0, 0.1) is 0 Å². The van der Waals surface area contributed by atoms with Gasteiger partial charge in [-0.2, -0.15) is 0 Å². The summed E-state index contributed by atoms with van der Waals surface area (Å²) >= 11 is 11.9. The van der Waals surface area contributed by atoms with E-state index in [4.69, 9.17) is 27.9 Å². The Hall–Kier alpha value is -1.90. The Kier molecular flexibility index (Phi) is 8.47. The van der Waals surface area contributed by atoms with Gasteiger partial charge in [-0.15, -0.1) is 17.5 Å². The molecule has 2 N–H and O–H groups in total.